The molecule has 0 saturated carbocycles. The van der Waals surface area contributed by atoms with Crippen molar-refractivity contribution in [2.45, 2.75) is 6.92 Å². The zero-order chi connectivity index (χ0) is 21.1. The number of fused-ring (bicyclic) bond motifs is 1. The number of nitrogens with one attached hydrogen (secondary N) is 3. The monoisotopic (exact) mass is 436 g/mol. The van der Waals surface area contributed by atoms with Gasteiger partial charge in [0.25, 0.3) is 5.91 Å². The maximum Gasteiger partial charge on any atom is 0.323 e. The first-order chi connectivity index (χ1) is 14.5. The Morgan fingerprint density at radius 3 is 2.33 bits per heavy atom. The maximum atomic E-state index is 12.3. The number of nitrogens with zero attached hydrogens (tertiary/aromatic N) is 1. The summed E-state index contributed by atoms with van der Waals surface area (Å²) < 4.78 is 0.898. The molecule has 6 nitrogen and oxygen atoms in total. The van der Waals surface area contributed by atoms with Crippen molar-refractivity contribution in [2.75, 3.05) is 16.0 Å². The van der Waals surface area contributed by atoms with Gasteiger partial charge in [0.1, 0.15) is 0 Å². The van der Waals surface area contributed by atoms with Gasteiger partial charge in [-0.15, -0.1) is 0 Å². The summed E-state index contributed by atoms with van der Waals surface area (Å²) >= 11 is 7.46. The van der Waals surface area contributed by atoms with E-state index in [2.05, 4.69) is 20.9 Å². The molecule has 0 saturated heterocycles. The Balaban J connectivity index is 1.44. The first kappa shape index (κ1) is 19.9. The molecule has 3 N–H and O–H groups in total. The van der Waals surface area contributed by atoms with Gasteiger partial charge in [-0.25, -0.2) is 9.78 Å². The van der Waals surface area contributed by atoms with Crippen molar-refractivity contribution in [1.29, 1.82) is 0 Å². The minimum atomic E-state index is -0.387. The standard InChI is InChI=1S/C22H17ClN4O2S/c1-13-7-8-15(11-17(13)23)24-21(29)25-16-9-10-19-18(12-16)26-22(30-19)27-20(28)14-5-3-2-4-6-14/h2-12H,1H3,(H2,24,25,29)(H,26,27,28). The smallest absolute Gasteiger partial charge is 0.308 e. The van der Waals surface area contributed by atoms with Crippen LogP contribution in [0.25, 0.3) is 10.2 Å². The molecule has 8 heteroatoms. The number of carbonyl (C=O) groups excluding carboxylic acids is 2. The highest BCUT2D eigenvalue weighted by Gasteiger charge is 2.11. The lowest BCUT2D eigenvalue weighted by molar-refractivity contribution is 0.102. The Morgan fingerprint density at radius 1 is 0.900 bits per heavy atom. The van der Waals surface area contributed by atoms with Crippen LogP contribution in [-0.2, 0) is 0 Å². The molecular weight excluding hydrogens is 420 g/mol. The van der Waals surface area contributed by atoms with E-state index >= 15 is 0 Å². The summed E-state index contributed by atoms with van der Waals surface area (Å²) in [6, 6.07) is 19.3. The van der Waals surface area contributed by atoms with E-state index in [4.69, 9.17) is 11.6 Å². The van der Waals surface area contributed by atoms with Gasteiger partial charge < -0.3 is 10.6 Å². The Bertz CT molecular complexity index is 1240. The molecule has 150 valence electrons. The Labute approximate surface area is 181 Å². The third-order valence-corrected chi connectivity index (χ3v) is 5.69. The number of benzene rings is 3. The van der Waals surface area contributed by atoms with Crippen molar-refractivity contribution in [2.24, 2.45) is 0 Å². The number of rotatable bonds is 4. The molecule has 1 heterocycles. The average molecular weight is 437 g/mol. The number of hydrogen-bond donors (Lipinski definition) is 3. The predicted molar refractivity (Wildman–Crippen MR) is 123 cm³/mol. The number of halogens is 1. The lowest BCUT2D eigenvalue weighted by Gasteiger charge is -2.08. The summed E-state index contributed by atoms with van der Waals surface area (Å²) in [4.78, 5) is 29.0. The van der Waals surface area contributed by atoms with E-state index in [-0.39, 0.29) is 11.9 Å². The third kappa shape index (κ3) is 4.59. The highest BCUT2D eigenvalue weighted by Crippen LogP contribution is 2.28. The molecular formula is C22H17ClN4O2S. The van der Waals surface area contributed by atoms with Gasteiger partial charge in [0.05, 0.1) is 10.2 Å². The van der Waals surface area contributed by atoms with E-state index in [1.165, 1.54) is 11.3 Å². The summed E-state index contributed by atoms with van der Waals surface area (Å²) in [5.74, 6) is -0.218. The summed E-state index contributed by atoms with van der Waals surface area (Å²) in [6.45, 7) is 1.89. The molecule has 0 unspecified atom stereocenters. The lowest BCUT2D eigenvalue weighted by Crippen LogP contribution is -2.19. The van der Waals surface area contributed by atoms with Gasteiger partial charge in [-0.1, -0.05) is 47.2 Å². The molecule has 0 bridgehead atoms. The molecule has 0 spiro atoms. The van der Waals surface area contributed by atoms with Crippen LogP contribution < -0.4 is 16.0 Å². The molecule has 0 aliphatic carbocycles. The van der Waals surface area contributed by atoms with Crippen LogP contribution >= 0.6 is 22.9 Å². The van der Waals surface area contributed by atoms with E-state index in [9.17, 15) is 9.59 Å². The zero-order valence-corrected chi connectivity index (χ0v) is 17.5. The van der Waals surface area contributed by atoms with E-state index < -0.39 is 0 Å². The van der Waals surface area contributed by atoms with Crippen LogP contribution in [0.3, 0.4) is 0 Å². The minimum Gasteiger partial charge on any atom is -0.308 e. The van der Waals surface area contributed by atoms with Crippen molar-refractivity contribution in [3.05, 3.63) is 82.9 Å². The fraction of sp³-hybridized carbons (Fsp3) is 0.0455. The van der Waals surface area contributed by atoms with Gasteiger partial charge in [0.2, 0.25) is 0 Å². The summed E-state index contributed by atoms with van der Waals surface area (Å²) in [7, 11) is 0. The molecule has 0 fully saturated rings. The second-order valence-electron chi connectivity index (χ2n) is 6.56. The first-order valence-electron chi connectivity index (χ1n) is 9.09. The fourth-order valence-corrected chi connectivity index (χ4v) is 3.80. The summed E-state index contributed by atoms with van der Waals surface area (Å²) in [6.07, 6.45) is 0. The van der Waals surface area contributed by atoms with E-state index in [0.717, 1.165) is 10.3 Å². The molecule has 0 atom stereocenters. The molecule has 0 radical (unpaired) electrons. The van der Waals surface area contributed by atoms with Crippen LogP contribution in [0.5, 0.6) is 0 Å². The number of hydrogen-bond acceptors (Lipinski definition) is 4. The molecule has 0 aliphatic rings. The second-order valence-corrected chi connectivity index (χ2v) is 8.00. The third-order valence-electron chi connectivity index (χ3n) is 4.33. The van der Waals surface area contributed by atoms with Crippen molar-refractivity contribution >= 4 is 61.6 Å². The molecule has 4 rings (SSSR count). The van der Waals surface area contributed by atoms with Crippen LogP contribution in [0, 0.1) is 6.92 Å². The van der Waals surface area contributed by atoms with Crippen molar-refractivity contribution in [3.63, 3.8) is 0 Å². The Morgan fingerprint density at radius 2 is 1.60 bits per heavy atom. The van der Waals surface area contributed by atoms with Crippen LogP contribution in [0.4, 0.5) is 21.3 Å². The summed E-state index contributed by atoms with van der Waals surface area (Å²) in [5, 5.41) is 9.41. The van der Waals surface area contributed by atoms with Gasteiger partial charge >= 0.3 is 6.03 Å². The quantitative estimate of drug-likeness (QED) is 0.358. The van der Waals surface area contributed by atoms with Crippen molar-refractivity contribution in [3.8, 4) is 0 Å². The molecule has 3 aromatic carbocycles. The number of amides is 3. The Kier molecular flexibility index (Phi) is 5.65. The highest BCUT2D eigenvalue weighted by atomic mass is 35.5. The number of thiazole rings is 1. The zero-order valence-electron chi connectivity index (χ0n) is 15.9. The molecule has 3 amide bonds. The average Bonchev–Trinajstić information content (AvgIpc) is 3.13. The molecule has 0 aliphatic heterocycles. The lowest BCUT2D eigenvalue weighted by atomic mass is 10.2. The SMILES string of the molecule is Cc1ccc(NC(=O)Nc2ccc3sc(NC(=O)c4ccccc4)nc3c2)cc1Cl. The van der Waals surface area contributed by atoms with Crippen molar-refractivity contribution < 1.29 is 9.59 Å². The minimum absolute atomic E-state index is 0.218. The van der Waals surface area contributed by atoms with Gasteiger partial charge in [-0.2, -0.15) is 0 Å². The summed E-state index contributed by atoms with van der Waals surface area (Å²) in [5.41, 5.74) is 3.37. The predicted octanol–water partition coefficient (Wildman–Crippen LogP) is 6.15. The van der Waals surface area contributed by atoms with Crippen molar-refractivity contribution in [1.82, 2.24) is 4.98 Å². The number of aromatic nitrogens is 1. The maximum absolute atomic E-state index is 12.3. The number of aryl methyl sites for hydroxylation is 1. The number of urea groups is 1. The van der Waals surface area contributed by atoms with E-state index in [1.807, 2.05) is 25.1 Å². The fourth-order valence-electron chi connectivity index (χ4n) is 2.78. The van der Waals surface area contributed by atoms with Crippen LogP contribution in [-0.4, -0.2) is 16.9 Å². The highest BCUT2D eigenvalue weighted by molar-refractivity contribution is 7.22. The van der Waals surface area contributed by atoms with Gasteiger partial charge in [-0.3, -0.25) is 10.1 Å². The normalized spacial score (nSPS) is 10.6. The molecule has 30 heavy (non-hydrogen) atoms. The second kappa shape index (κ2) is 8.52. The van der Waals surface area contributed by atoms with Crippen LogP contribution in [0.15, 0.2) is 66.7 Å². The number of anilines is 3. The molecule has 4 aromatic rings. The van der Waals surface area contributed by atoms with Gasteiger partial charge in [0.15, 0.2) is 5.13 Å². The van der Waals surface area contributed by atoms with Gasteiger partial charge in [0, 0.05) is 22.0 Å². The van der Waals surface area contributed by atoms with Gasteiger partial charge in [-0.05, 0) is 55.0 Å². The largest absolute Gasteiger partial charge is 0.323 e. The first-order valence-corrected chi connectivity index (χ1v) is 10.3. The number of carbonyl (C=O) groups is 2. The Hall–Kier alpha value is -3.42. The van der Waals surface area contributed by atoms with Crippen LogP contribution in [0.2, 0.25) is 5.02 Å². The van der Waals surface area contributed by atoms with E-state index in [1.54, 1.807) is 48.5 Å². The van der Waals surface area contributed by atoms with Crippen LogP contribution in [0.1, 0.15) is 15.9 Å². The molecule has 1 aromatic heterocycles. The van der Waals surface area contributed by atoms with E-state index in [0.29, 0.717) is 32.6 Å². The topological polar surface area (TPSA) is 83.1 Å².